The SMILES string of the molecule is COc1ccccc1-n1nc(C(=O)O)cc1C. The van der Waals surface area contributed by atoms with E-state index in [1.54, 1.807) is 24.8 Å². The summed E-state index contributed by atoms with van der Waals surface area (Å²) in [5, 5.41) is 12.9. The third kappa shape index (κ3) is 1.99. The molecule has 0 saturated carbocycles. The topological polar surface area (TPSA) is 64.4 Å². The molecule has 17 heavy (non-hydrogen) atoms. The molecule has 0 bridgehead atoms. The van der Waals surface area contributed by atoms with Crippen LogP contribution in [0, 0.1) is 6.92 Å². The number of aromatic nitrogens is 2. The highest BCUT2D eigenvalue weighted by atomic mass is 16.5. The molecule has 0 aliphatic heterocycles. The van der Waals surface area contributed by atoms with Gasteiger partial charge in [0.15, 0.2) is 5.69 Å². The lowest BCUT2D eigenvalue weighted by Crippen LogP contribution is -2.03. The van der Waals surface area contributed by atoms with Crippen LogP contribution in [0.2, 0.25) is 0 Å². The Morgan fingerprint density at radius 2 is 2.12 bits per heavy atom. The predicted octanol–water partition coefficient (Wildman–Crippen LogP) is 1.89. The number of aryl methyl sites for hydroxylation is 1. The zero-order valence-corrected chi connectivity index (χ0v) is 9.54. The Hall–Kier alpha value is -2.30. The second-order valence-electron chi connectivity index (χ2n) is 3.56. The van der Waals surface area contributed by atoms with Gasteiger partial charge in [0.1, 0.15) is 11.4 Å². The molecule has 0 aliphatic rings. The van der Waals surface area contributed by atoms with Crippen molar-refractivity contribution in [3.8, 4) is 11.4 Å². The number of aromatic carboxylic acids is 1. The van der Waals surface area contributed by atoms with E-state index in [1.807, 2.05) is 18.2 Å². The molecule has 1 aromatic carbocycles. The van der Waals surface area contributed by atoms with Gasteiger partial charge in [-0.25, -0.2) is 9.48 Å². The summed E-state index contributed by atoms with van der Waals surface area (Å²) in [4.78, 5) is 10.8. The minimum atomic E-state index is -1.04. The smallest absolute Gasteiger partial charge is 0.356 e. The van der Waals surface area contributed by atoms with Gasteiger partial charge in [0.05, 0.1) is 7.11 Å². The van der Waals surface area contributed by atoms with Crippen molar-refractivity contribution in [1.29, 1.82) is 0 Å². The van der Waals surface area contributed by atoms with Gasteiger partial charge in [-0.3, -0.25) is 0 Å². The van der Waals surface area contributed by atoms with Crippen LogP contribution in [0.3, 0.4) is 0 Å². The highest BCUT2D eigenvalue weighted by Crippen LogP contribution is 2.23. The fraction of sp³-hybridized carbons (Fsp3) is 0.167. The number of hydrogen-bond donors (Lipinski definition) is 1. The summed E-state index contributed by atoms with van der Waals surface area (Å²) in [5.41, 5.74) is 1.49. The standard InChI is InChI=1S/C12H12N2O3/c1-8-7-9(12(15)16)13-14(8)10-5-3-4-6-11(10)17-2/h3-7H,1-2H3,(H,15,16). The summed E-state index contributed by atoms with van der Waals surface area (Å²) in [5.74, 6) is -0.391. The molecular formula is C12H12N2O3. The molecule has 0 atom stereocenters. The Balaban J connectivity index is 2.56. The fourth-order valence-corrected chi connectivity index (χ4v) is 1.63. The average molecular weight is 232 g/mol. The van der Waals surface area contributed by atoms with Crippen LogP contribution < -0.4 is 4.74 Å². The maximum absolute atomic E-state index is 10.8. The lowest BCUT2D eigenvalue weighted by atomic mass is 10.3. The van der Waals surface area contributed by atoms with Crippen LogP contribution >= 0.6 is 0 Å². The Morgan fingerprint density at radius 3 is 2.71 bits per heavy atom. The lowest BCUT2D eigenvalue weighted by Gasteiger charge is -2.09. The number of hydrogen-bond acceptors (Lipinski definition) is 3. The van der Waals surface area contributed by atoms with E-state index in [4.69, 9.17) is 9.84 Å². The predicted molar refractivity (Wildman–Crippen MR) is 61.8 cm³/mol. The quantitative estimate of drug-likeness (QED) is 0.877. The van der Waals surface area contributed by atoms with Crippen molar-refractivity contribution < 1.29 is 14.6 Å². The summed E-state index contributed by atoms with van der Waals surface area (Å²) in [6.45, 7) is 1.80. The highest BCUT2D eigenvalue weighted by molar-refractivity contribution is 5.85. The van der Waals surface area contributed by atoms with E-state index in [0.717, 1.165) is 11.4 Å². The van der Waals surface area contributed by atoms with Crippen molar-refractivity contribution in [2.24, 2.45) is 0 Å². The van der Waals surface area contributed by atoms with Crippen LogP contribution in [0.4, 0.5) is 0 Å². The van der Waals surface area contributed by atoms with Crippen molar-refractivity contribution in [3.63, 3.8) is 0 Å². The maximum atomic E-state index is 10.8. The Bertz CT molecular complexity index is 561. The van der Waals surface area contributed by atoms with Crippen LogP contribution in [0.25, 0.3) is 5.69 Å². The first-order chi connectivity index (χ1) is 8.13. The van der Waals surface area contributed by atoms with E-state index in [0.29, 0.717) is 5.75 Å². The van der Waals surface area contributed by atoms with E-state index in [1.165, 1.54) is 6.07 Å². The zero-order valence-electron chi connectivity index (χ0n) is 9.54. The number of carboxylic acids is 1. The molecule has 5 heteroatoms. The minimum Gasteiger partial charge on any atom is -0.494 e. The molecule has 5 nitrogen and oxygen atoms in total. The number of methoxy groups -OCH3 is 1. The second kappa shape index (κ2) is 4.29. The molecule has 0 amide bonds. The summed E-state index contributed by atoms with van der Waals surface area (Å²) in [6.07, 6.45) is 0. The van der Waals surface area contributed by atoms with Crippen LogP contribution in [0.15, 0.2) is 30.3 Å². The molecule has 0 unspecified atom stereocenters. The van der Waals surface area contributed by atoms with Crippen molar-refractivity contribution >= 4 is 5.97 Å². The summed E-state index contributed by atoms with van der Waals surface area (Å²) in [7, 11) is 1.57. The first-order valence-electron chi connectivity index (χ1n) is 5.07. The Labute approximate surface area is 98.3 Å². The molecule has 0 spiro atoms. The van der Waals surface area contributed by atoms with Gasteiger partial charge >= 0.3 is 5.97 Å². The largest absolute Gasteiger partial charge is 0.494 e. The number of carbonyl (C=O) groups is 1. The Morgan fingerprint density at radius 1 is 1.41 bits per heavy atom. The normalized spacial score (nSPS) is 10.2. The fourth-order valence-electron chi connectivity index (χ4n) is 1.63. The van der Waals surface area contributed by atoms with Crippen LogP contribution in [-0.4, -0.2) is 28.0 Å². The molecule has 0 saturated heterocycles. The van der Waals surface area contributed by atoms with Crippen molar-refractivity contribution in [2.45, 2.75) is 6.92 Å². The molecular weight excluding hydrogens is 220 g/mol. The van der Waals surface area contributed by atoms with E-state index in [2.05, 4.69) is 5.10 Å². The van der Waals surface area contributed by atoms with Gasteiger partial charge in [-0.1, -0.05) is 12.1 Å². The van der Waals surface area contributed by atoms with E-state index in [-0.39, 0.29) is 5.69 Å². The molecule has 2 aromatic rings. The zero-order chi connectivity index (χ0) is 12.4. The molecule has 88 valence electrons. The second-order valence-corrected chi connectivity index (χ2v) is 3.56. The summed E-state index contributed by atoms with van der Waals surface area (Å²) < 4.78 is 6.77. The third-order valence-corrected chi connectivity index (χ3v) is 2.42. The number of para-hydroxylation sites is 2. The van der Waals surface area contributed by atoms with Gasteiger partial charge in [-0.05, 0) is 25.1 Å². The first kappa shape index (κ1) is 11.2. The van der Waals surface area contributed by atoms with E-state index in [9.17, 15) is 4.79 Å². The number of rotatable bonds is 3. The summed E-state index contributed by atoms with van der Waals surface area (Å²) >= 11 is 0. The van der Waals surface area contributed by atoms with E-state index >= 15 is 0 Å². The Kier molecular flexibility index (Phi) is 2.82. The molecule has 2 rings (SSSR count). The van der Waals surface area contributed by atoms with Gasteiger partial charge in [0.25, 0.3) is 0 Å². The van der Waals surface area contributed by atoms with Gasteiger partial charge in [0, 0.05) is 5.69 Å². The van der Waals surface area contributed by atoms with Crippen LogP contribution in [0.5, 0.6) is 5.75 Å². The molecule has 0 radical (unpaired) electrons. The van der Waals surface area contributed by atoms with Gasteiger partial charge in [0.2, 0.25) is 0 Å². The molecule has 0 aliphatic carbocycles. The van der Waals surface area contributed by atoms with Gasteiger partial charge < -0.3 is 9.84 Å². The van der Waals surface area contributed by atoms with Crippen molar-refractivity contribution in [1.82, 2.24) is 9.78 Å². The maximum Gasteiger partial charge on any atom is 0.356 e. The van der Waals surface area contributed by atoms with Crippen molar-refractivity contribution in [3.05, 3.63) is 41.7 Å². The highest BCUT2D eigenvalue weighted by Gasteiger charge is 2.13. The third-order valence-electron chi connectivity index (χ3n) is 2.42. The number of carboxylic acid groups (broad SMARTS) is 1. The van der Waals surface area contributed by atoms with Gasteiger partial charge in [-0.15, -0.1) is 0 Å². The molecule has 1 heterocycles. The van der Waals surface area contributed by atoms with Crippen LogP contribution in [0.1, 0.15) is 16.2 Å². The lowest BCUT2D eigenvalue weighted by molar-refractivity contribution is 0.0690. The minimum absolute atomic E-state index is 0.0217. The average Bonchev–Trinajstić information content (AvgIpc) is 2.71. The molecule has 0 fully saturated rings. The van der Waals surface area contributed by atoms with Crippen LogP contribution in [-0.2, 0) is 0 Å². The summed E-state index contributed by atoms with van der Waals surface area (Å²) in [6, 6.07) is 8.84. The molecule has 1 aromatic heterocycles. The number of benzene rings is 1. The first-order valence-corrected chi connectivity index (χ1v) is 5.07. The number of nitrogens with zero attached hydrogens (tertiary/aromatic N) is 2. The van der Waals surface area contributed by atoms with E-state index < -0.39 is 5.97 Å². The monoisotopic (exact) mass is 232 g/mol. The number of ether oxygens (including phenoxy) is 1. The van der Waals surface area contributed by atoms with Gasteiger partial charge in [-0.2, -0.15) is 5.10 Å². The molecule has 1 N–H and O–H groups in total. The van der Waals surface area contributed by atoms with Crippen molar-refractivity contribution in [2.75, 3.05) is 7.11 Å².